The zero-order valence-electron chi connectivity index (χ0n) is 13.4. The fourth-order valence-electron chi connectivity index (χ4n) is 2.06. The summed E-state index contributed by atoms with van der Waals surface area (Å²) in [7, 11) is 0. The van der Waals surface area contributed by atoms with E-state index in [9.17, 15) is 4.79 Å². The number of aromatic nitrogens is 2. The van der Waals surface area contributed by atoms with Gasteiger partial charge in [-0.3, -0.25) is 4.79 Å². The summed E-state index contributed by atoms with van der Waals surface area (Å²) in [5.41, 5.74) is 0.641. The Hall–Kier alpha value is -2.31. The molecular formula is C18H15ClN2O3S. The van der Waals surface area contributed by atoms with Crippen molar-refractivity contribution < 1.29 is 13.9 Å². The molecule has 1 aromatic heterocycles. The van der Waals surface area contributed by atoms with E-state index in [1.54, 1.807) is 19.1 Å². The second-order valence-electron chi connectivity index (χ2n) is 5.16. The Morgan fingerprint density at radius 3 is 2.64 bits per heavy atom. The summed E-state index contributed by atoms with van der Waals surface area (Å²) in [6.45, 7) is 1.72. The van der Waals surface area contributed by atoms with Crippen LogP contribution >= 0.6 is 23.4 Å². The minimum atomic E-state index is -0.341. The number of benzene rings is 2. The number of thioether (sulfide) groups is 1. The predicted molar refractivity (Wildman–Crippen MR) is 96.3 cm³/mol. The number of carbonyl (C=O) groups is 1. The Kier molecular flexibility index (Phi) is 5.73. The zero-order chi connectivity index (χ0) is 17.6. The fourth-order valence-corrected chi connectivity index (χ4v) is 3.16. The highest BCUT2D eigenvalue weighted by Crippen LogP contribution is 2.27. The van der Waals surface area contributed by atoms with Gasteiger partial charge in [0.1, 0.15) is 5.25 Å². The van der Waals surface area contributed by atoms with Crippen LogP contribution in [0, 0.1) is 0 Å². The Morgan fingerprint density at radius 2 is 1.88 bits per heavy atom. The van der Waals surface area contributed by atoms with Crippen LogP contribution in [0.25, 0.3) is 11.5 Å². The highest BCUT2D eigenvalue weighted by atomic mass is 35.5. The van der Waals surface area contributed by atoms with Gasteiger partial charge in [0.05, 0.1) is 10.6 Å². The predicted octanol–water partition coefficient (Wildman–Crippen LogP) is 4.61. The number of ether oxygens (including phenoxy) is 1. The number of rotatable bonds is 6. The van der Waals surface area contributed by atoms with Gasteiger partial charge in [0.2, 0.25) is 5.89 Å². The first-order valence-electron chi connectivity index (χ1n) is 7.59. The van der Waals surface area contributed by atoms with Crippen LogP contribution in [0.4, 0.5) is 0 Å². The maximum atomic E-state index is 12.1. The van der Waals surface area contributed by atoms with E-state index >= 15 is 0 Å². The van der Waals surface area contributed by atoms with Gasteiger partial charge in [-0.25, -0.2) is 0 Å². The van der Waals surface area contributed by atoms with Crippen LogP contribution in [0.5, 0.6) is 0 Å². The van der Waals surface area contributed by atoms with Gasteiger partial charge in [-0.05, 0) is 31.2 Å². The van der Waals surface area contributed by atoms with Crippen molar-refractivity contribution in [3.63, 3.8) is 0 Å². The molecular weight excluding hydrogens is 360 g/mol. The minimum absolute atomic E-state index is 0.0734. The van der Waals surface area contributed by atoms with E-state index in [1.165, 1.54) is 11.8 Å². The SMILES string of the molecule is CC(Sc1ccccc1)C(=O)OCc1nnc(-c2ccccc2Cl)o1. The highest BCUT2D eigenvalue weighted by molar-refractivity contribution is 8.00. The lowest BCUT2D eigenvalue weighted by atomic mass is 10.2. The minimum Gasteiger partial charge on any atom is -0.455 e. The molecule has 3 aromatic rings. The van der Waals surface area contributed by atoms with Crippen molar-refractivity contribution in [1.82, 2.24) is 10.2 Å². The molecule has 0 radical (unpaired) electrons. The first kappa shape index (κ1) is 17.5. The third-order valence-corrected chi connectivity index (χ3v) is 4.72. The maximum absolute atomic E-state index is 12.1. The largest absolute Gasteiger partial charge is 0.455 e. The normalized spacial score (nSPS) is 11.9. The third-order valence-electron chi connectivity index (χ3n) is 3.30. The molecule has 5 nitrogen and oxygen atoms in total. The van der Waals surface area contributed by atoms with Gasteiger partial charge in [0.25, 0.3) is 5.89 Å². The van der Waals surface area contributed by atoms with Crippen LogP contribution < -0.4 is 0 Å². The number of hydrogen-bond acceptors (Lipinski definition) is 6. The van der Waals surface area contributed by atoms with Crippen LogP contribution in [0.15, 0.2) is 63.9 Å². The smallest absolute Gasteiger partial charge is 0.319 e. The molecule has 0 fully saturated rings. The summed E-state index contributed by atoms with van der Waals surface area (Å²) in [5, 5.41) is 8.01. The number of carbonyl (C=O) groups excluding carboxylic acids is 1. The van der Waals surface area contributed by atoms with E-state index in [0.717, 1.165) is 4.90 Å². The first-order chi connectivity index (χ1) is 12.1. The van der Waals surface area contributed by atoms with E-state index in [-0.39, 0.29) is 23.7 Å². The molecule has 128 valence electrons. The molecule has 1 atom stereocenters. The monoisotopic (exact) mass is 374 g/mol. The lowest BCUT2D eigenvalue weighted by Crippen LogP contribution is -2.16. The Bertz CT molecular complexity index is 854. The number of hydrogen-bond donors (Lipinski definition) is 0. The summed E-state index contributed by atoms with van der Waals surface area (Å²) in [5.74, 6) is 0.176. The lowest BCUT2D eigenvalue weighted by molar-refractivity contribution is -0.144. The summed E-state index contributed by atoms with van der Waals surface area (Å²) in [6, 6.07) is 16.8. The maximum Gasteiger partial charge on any atom is 0.319 e. The van der Waals surface area contributed by atoms with Crippen molar-refractivity contribution in [2.45, 2.75) is 23.7 Å². The van der Waals surface area contributed by atoms with Crippen molar-refractivity contribution in [3.8, 4) is 11.5 Å². The summed E-state index contributed by atoms with van der Waals surface area (Å²) < 4.78 is 10.8. The number of nitrogens with zero attached hydrogens (tertiary/aromatic N) is 2. The fraction of sp³-hybridized carbons (Fsp3) is 0.167. The molecule has 0 spiro atoms. The quantitative estimate of drug-likeness (QED) is 0.463. The topological polar surface area (TPSA) is 65.2 Å². The molecule has 1 heterocycles. The summed E-state index contributed by atoms with van der Waals surface area (Å²) in [6.07, 6.45) is 0. The van der Waals surface area contributed by atoms with E-state index in [1.807, 2.05) is 42.5 Å². The Morgan fingerprint density at radius 1 is 1.16 bits per heavy atom. The summed E-state index contributed by atoms with van der Waals surface area (Å²) in [4.78, 5) is 13.1. The van der Waals surface area contributed by atoms with E-state index < -0.39 is 0 Å². The molecule has 2 aromatic carbocycles. The molecule has 0 bridgehead atoms. The average Bonchev–Trinajstić information content (AvgIpc) is 3.09. The molecule has 0 aliphatic heterocycles. The second kappa shape index (κ2) is 8.18. The Labute approximate surface area is 154 Å². The van der Waals surface area contributed by atoms with Gasteiger partial charge in [0.15, 0.2) is 6.61 Å². The van der Waals surface area contributed by atoms with Crippen molar-refractivity contribution in [1.29, 1.82) is 0 Å². The van der Waals surface area contributed by atoms with Gasteiger partial charge in [0, 0.05) is 4.90 Å². The Balaban J connectivity index is 1.57. The average molecular weight is 375 g/mol. The molecule has 3 rings (SSSR count). The highest BCUT2D eigenvalue weighted by Gasteiger charge is 2.18. The second-order valence-corrected chi connectivity index (χ2v) is 6.98. The molecule has 0 saturated heterocycles. The molecule has 0 aliphatic rings. The molecule has 0 amide bonds. The zero-order valence-corrected chi connectivity index (χ0v) is 15.0. The molecule has 25 heavy (non-hydrogen) atoms. The number of esters is 1. The first-order valence-corrected chi connectivity index (χ1v) is 8.85. The van der Waals surface area contributed by atoms with E-state index in [0.29, 0.717) is 16.5 Å². The standard InChI is InChI=1S/C18H15ClN2O3S/c1-12(25-13-7-3-2-4-8-13)18(22)23-11-16-20-21-17(24-16)14-9-5-6-10-15(14)19/h2-10,12H,11H2,1H3. The van der Waals surface area contributed by atoms with Gasteiger partial charge >= 0.3 is 5.97 Å². The van der Waals surface area contributed by atoms with Gasteiger partial charge in [-0.15, -0.1) is 22.0 Å². The molecule has 0 aliphatic carbocycles. The van der Waals surface area contributed by atoms with Crippen LogP contribution in [0.2, 0.25) is 5.02 Å². The van der Waals surface area contributed by atoms with Gasteiger partial charge < -0.3 is 9.15 Å². The number of halogens is 1. The lowest BCUT2D eigenvalue weighted by Gasteiger charge is -2.09. The third kappa shape index (κ3) is 4.61. The van der Waals surface area contributed by atoms with Crippen LogP contribution in [0.3, 0.4) is 0 Å². The van der Waals surface area contributed by atoms with E-state index in [4.69, 9.17) is 20.8 Å². The van der Waals surface area contributed by atoms with Crippen LogP contribution in [-0.4, -0.2) is 21.4 Å². The molecule has 1 unspecified atom stereocenters. The van der Waals surface area contributed by atoms with Crippen LogP contribution in [-0.2, 0) is 16.1 Å². The van der Waals surface area contributed by atoms with Crippen molar-refractivity contribution in [2.75, 3.05) is 0 Å². The van der Waals surface area contributed by atoms with E-state index in [2.05, 4.69) is 10.2 Å². The van der Waals surface area contributed by atoms with Gasteiger partial charge in [-0.2, -0.15) is 0 Å². The van der Waals surface area contributed by atoms with Crippen molar-refractivity contribution in [3.05, 3.63) is 65.5 Å². The summed E-state index contributed by atoms with van der Waals surface area (Å²) >= 11 is 7.53. The molecule has 0 N–H and O–H groups in total. The van der Waals surface area contributed by atoms with Crippen LogP contribution in [0.1, 0.15) is 12.8 Å². The molecule has 0 saturated carbocycles. The molecule has 7 heteroatoms. The van der Waals surface area contributed by atoms with Crippen molar-refractivity contribution in [2.24, 2.45) is 0 Å². The van der Waals surface area contributed by atoms with Gasteiger partial charge in [-0.1, -0.05) is 41.9 Å². The van der Waals surface area contributed by atoms with Crippen molar-refractivity contribution >= 4 is 29.3 Å².